The fraction of sp³-hybridized carbons (Fsp3) is 0.0833. The van der Waals surface area contributed by atoms with Crippen LogP contribution in [0.2, 0.25) is 0 Å². The van der Waals surface area contributed by atoms with E-state index in [1.807, 2.05) is 18.2 Å². The van der Waals surface area contributed by atoms with E-state index >= 15 is 0 Å². The molecule has 2 nitrogen and oxygen atoms in total. The van der Waals surface area contributed by atoms with Crippen molar-refractivity contribution in [3.63, 3.8) is 0 Å². The zero-order valence-electron chi connectivity index (χ0n) is 8.24. The molecular weight excluding hydrogens is 210 g/mol. The minimum absolute atomic E-state index is 0.186. The van der Waals surface area contributed by atoms with Crippen molar-refractivity contribution in [2.75, 3.05) is 0 Å². The largest absolute Gasteiger partial charge is 0.359 e. The van der Waals surface area contributed by atoms with Gasteiger partial charge in [0.15, 0.2) is 0 Å². The first-order chi connectivity index (χ1) is 7.75. The van der Waals surface area contributed by atoms with Crippen LogP contribution in [-0.2, 0) is 0 Å². The number of pyridine rings is 1. The Morgan fingerprint density at radius 3 is 2.56 bits per heavy atom. The van der Waals surface area contributed by atoms with Gasteiger partial charge in [0.05, 0.1) is 11.0 Å². The van der Waals surface area contributed by atoms with E-state index in [1.54, 1.807) is 12.3 Å². The van der Waals surface area contributed by atoms with Crippen molar-refractivity contribution in [1.82, 2.24) is 9.97 Å². The highest BCUT2D eigenvalue weighted by Gasteiger charge is 2.10. The number of nitrogens with one attached hydrogen (secondary N) is 1. The maximum atomic E-state index is 12.5. The van der Waals surface area contributed by atoms with Crippen molar-refractivity contribution < 1.29 is 8.78 Å². The Morgan fingerprint density at radius 2 is 1.75 bits per heavy atom. The third-order valence-corrected chi connectivity index (χ3v) is 2.63. The van der Waals surface area contributed by atoms with E-state index in [4.69, 9.17) is 0 Å². The fourth-order valence-corrected chi connectivity index (χ4v) is 1.85. The number of rotatable bonds is 1. The summed E-state index contributed by atoms with van der Waals surface area (Å²) in [4.78, 5) is 7.02. The molecule has 0 aliphatic rings. The minimum Gasteiger partial charge on any atom is -0.359 e. The lowest BCUT2D eigenvalue weighted by atomic mass is 10.1. The summed E-state index contributed by atoms with van der Waals surface area (Å²) in [5.74, 6) is 0. The van der Waals surface area contributed by atoms with E-state index in [-0.39, 0.29) is 5.69 Å². The van der Waals surface area contributed by atoms with Crippen molar-refractivity contribution >= 4 is 21.8 Å². The molecule has 3 aromatic rings. The molecule has 1 N–H and O–H groups in total. The maximum absolute atomic E-state index is 12.5. The first-order valence-electron chi connectivity index (χ1n) is 4.90. The van der Waals surface area contributed by atoms with Crippen LogP contribution in [0.15, 0.2) is 36.5 Å². The molecule has 0 atom stereocenters. The molecule has 3 rings (SSSR count). The summed E-state index contributed by atoms with van der Waals surface area (Å²) in [5, 5.41) is 1.84. The monoisotopic (exact) mass is 218 g/mol. The SMILES string of the molecule is FC(F)c1ccc2ccc3cc[nH]c3c2n1. The van der Waals surface area contributed by atoms with Crippen LogP contribution in [0.25, 0.3) is 21.8 Å². The number of hydrogen-bond donors (Lipinski definition) is 1. The van der Waals surface area contributed by atoms with Crippen LogP contribution in [0.3, 0.4) is 0 Å². The number of nitrogens with zero attached hydrogens (tertiary/aromatic N) is 1. The molecule has 0 amide bonds. The number of benzene rings is 1. The van der Waals surface area contributed by atoms with Gasteiger partial charge in [0.25, 0.3) is 6.43 Å². The molecule has 0 bridgehead atoms. The van der Waals surface area contributed by atoms with Gasteiger partial charge in [-0.1, -0.05) is 18.2 Å². The van der Waals surface area contributed by atoms with Crippen LogP contribution in [-0.4, -0.2) is 9.97 Å². The average molecular weight is 218 g/mol. The number of H-pyrrole nitrogens is 1. The van der Waals surface area contributed by atoms with Gasteiger partial charge in [-0.3, -0.25) is 0 Å². The second kappa shape index (κ2) is 3.27. The Labute approximate surface area is 89.9 Å². The van der Waals surface area contributed by atoms with Crippen LogP contribution >= 0.6 is 0 Å². The van der Waals surface area contributed by atoms with E-state index in [0.29, 0.717) is 5.52 Å². The number of alkyl halides is 2. The smallest absolute Gasteiger partial charge is 0.280 e. The molecule has 16 heavy (non-hydrogen) atoms. The molecule has 0 fully saturated rings. The second-order valence-corrected chi connectivity index (χ2v) is 3.62. The molecule has 0 saturated heterocycles. The topological polar surface area (TPSA) is 28.7 Å². The molecule has 0 unspecified atom stereocenters. The predicted molar refractivity (Wildman–Crippen MR) is 58.6 cm³/mol. The highest BCUT2D eigenvalue weighted by Crippen LogP contribution is 2.25. The molecule has 0 radical (unpaired) electrons. The zero-order chi connectivity index (χ0) is 11.1. The lowest BCUT2D eigenvalue weighted by Gasteiger charge is -2.02. The van der Waals surface area contributed by atoms with E-state index in [0.717, 1.165) is 16.3 Å². The molecule has 2 heterocycles. The van der Waals surface area contributed by atoms with E-state index < -0.39 is 6.43 Å². The van der Waals surface area contributed by atoms with Crippen molar-refractivity contribution in [3.05, 3.63) is 42.2 Å². The van der Waals surface area contributed by atoms with Crippen molar-refractivity contribution in [2.24, 2.45) is 0 Å². The number of fused-ring (bicyclic) bond motifs is 3. The number of hydrogen-bond acceptors (Lipinski definition) is 1. The lowest BCUT2D eigenvalue weighted by molar-refractivity contribution is 0.146. The summed E-state index contributed by atoms with van der Waals surface area (Å²) < 4.78 is 25.1. The summed E-state index contributed by atoms with van der Waals surface area (Å²) in [6.07, 6.45) is -0.754. The Bertz CT molecular complexity index is 658. The summed E-state index contributed by atoms with van der Waals surface area (Å²) in [5.41, 5.74) is 1.22. The van der Waals surface area contributed by atoms with Gasteiger partial charge in [-0.2, -0.15) is 0 Å². The number of aromatic nitrogens is 2. The molecule has 0 aliphatic carbocycles. The van der Waals surface area contributed by atoms with Crippen LogP contribution in [0.4, 0.5) is 8.78 Å². The highest BCUT2D eigenvalue weighted by molar-refractivity contribution is 6.02. The van der Waals surface area contributed by atoms with Gasteiger partial charge >= 0.3 is 0 Å². The molecule has 0 aliphatic heterocycles. The zero-order valence-corrected chi connectivity index (χ0v) is 8.24. The van der Waals surface area contributed by atoms with Gasteiger partial charge in [-0.05, 0) is 12.1 Å². The molecule has 80 valence electrons. The quantitative estimate of drug-likeness (QED) is 0.663. The molecule has 0 spiro atoms. The summed E-state index contributed by atoms with van der Waals surface area (Å²) in [7, 11) is 0. The Balaban J connectivity index is 2.41. The molecule has 2 aromatic heterocycles. The van der Waals surface area contributed by atoms with Gasteiger partial charge in [0.2, 0.25) is 0 Å². The summed E-state index contributed by atoms with van der Waals surface area (Å²) in [6.45, 7) is 0. The van der Waals surface area contributed by atoms with Crippen molar-refractivity contribution in [2.45, 2.75) is 6.43 Å². The Hall–Kier alpha value is -1.97. The molecular formula is C12H8F2N2. The molecule has 0 saturated carbocycles. The van der Waals surface area contributed by atoms with Gasteiger partial charge < -0.3 is 4.98 Å². The second-order valence-electron chi connectivity index (χ2n) is 3.62. The first kappa shape index (κ1) is 9.27. The van der Waals surface area contributed by atoms with E-state index in [2.05, 4.69) is 9.97 Å². The normalized spacial score (nSPS) is 11.7. The number of aromatic amines is 1. The summed E-state index contributed by atoms with van der Waals surface area (Å²) >= 11 is 0. The third-order valence-electron chi connectivity index (χ3n) is 2.63. The van der Waals surface area contributed by atoms with E-state index in [9.17, 15) is 8.78 Å². The average Bonchev–Trinajstić information content (AvgIpc) is 2.76. The number of halogens is 2. The van der Waals surface area contributed by atoms with Crippen molar-refractivity contribution in [3.8, 4) is 0 Å². The Kier molecular flexibility index (Phi) is 1.89. The lowest BCUT2D eigenvalue weighted by Crippen LogP contribution is -1.90. The predicted octanol–water partition coefficient (Wildman–Crippen LogP) is 3.65. The standard InChI is InChI=1S/C12H8F2N2/c13-12(14)9-4-3-7-1-2-8-5-6-15-10(8)11(7)16-9/h1-6,12,15H. The van der Waals surface area contributed by atoms with Gasteiger partial charge in [0, 0.05) is 17.0 Å². The molecule has 1 aromatic carbocycles. The van der Waals surface area contributed by atoms with Crippen LogP contribution in [0.1, 0.15) is 12.1 Å². The Morgan fingerprint density at radius 1 is 1.00 bits per heavy atom. The fourth-order valence-electron chi connectivity index (χ4n) is 1.85. The van der Waals surface area contributed by atoms with Gasteiger partial charge in [-0.15, -0.1) is 0 Å². The molecule has 4 heteroatoms. The van der Waals surface area contributed by atoms with Gasteiger partial charge in [-0.25, -0.2) is 13.8 Å². The minimum atomic E-state index is -2.53. The first-order valence-corrected chi connectivity index (χ1v) is 4.90. The van der Waals surface area contributed by atoms with Gasteiger partial charge in [0.1, 0.15) is 5.69 Å². The maximum Gasteiger partial charge on any atom is 0.280 e. The summed E-state index contributed by atoms with van der Waals surface area (Å²) in [6, 6.07) is 8.75. The third kappa shape index (κ3) is 1.26. The van der Waals surface area contributed by atoms with Crippen LogP contribution < -0.4 is 0 Å². The van der Waals surface area contributed by atoms with Crippen LogP contribution in [0, 0.1) is 0 Å². The highest BCUT2D eigenvalue weighted by atomic mass is 19.3. The van der Waals surface area contributed by atoms with Crippen molar-refractivity contribution in [1.29, 1.82) is 0 Å². The van der Waals surface area contributed by atoms with Crippen LogP contribution in [0.5, 0.6) is 0 Å². The van der Waals surface area contributed by atoms with E-state index in [1.165, 1.54) is 6.07 Å².